The van der Waals surface area contributed by atoms with E-state index in [9.17, 15) is 0 Å². The summed E-state index contributed by atoms with van der Waals surface area (Å²) in [4.78, 5) is 0. The number of fused-ring (bicyclic) bond motifs is 1. The van der Waals surface area contributed by atoms with Gasteiger partial charge in [-0.05, 0) is 0 Å². The molecule has 0 spiro atoms. The van der Waals surface area contributed by atoms with Crippen LogP contribution in [-0.4, -0.2) is 16.2 Å². The number of nitrogens with two attached hydrogens (primary N) is 2. The quantitative estimate of drug-likeness (QED) is 0.367. The van der Waals surface area contributed by atoms with Crippen LogP contribution in [0.2, 0.25) is 0 Å². The average Bonchev–Trinajstić information content (AvgIpc) is 2.26. The van der Waals surface area contributed by atoms with Gasteiger partial charge in [0.1, 0.15) is 0 Å². The molecule has 6 nitrogen and oxygen atoms in total. The van der Waals surface area contributed by atoms with Crippen molar-refractivity contribution in [2.45, 2.75) is 0 Å². The highest BCUT2D eigenvalue weighted by molar-refractivity contribution is 5.91. The van der Waals surface area contributed by atoms with Crippen LogP contribution in [0.25, 0.3) is 10.8 Å². The number of nitrogens with one attached hydrogen (secondary N) is 1. The summed E-state index contributed by atoms with van der Waals surface area (Å²) in [6, 6.07) is 7.68. The number of hydrogen-bond acceptors (Lipinski definition) is 4. The second kappa shape index (κ2) is 3.79. The van der Waals surface area contributed by atoms with Gasteiger partial charge in [0.2, 0.25) is 5.96 Å². The predicted octanol–water partition coefficient (Wildman–Crippen LogP) is 0.230. The highest BCUT2D eigenvalue weighted by Gasteiger charge is 2.00. The van der Waals surface area contributed by atoms with Crippen LogP contribution < -0.4 is 16.9 Å². The van der Waals surface area contributed by atoms with Gasteiger partial charge in [-0.25, -0.2) is 0 Å². The first-order chi connectivity index (χ1) is 7.27. The average molecular weight is 202 g/mol. The monoisotopic (exact) mass is 202 g/mol. The van der Waals surface area contributed by atoms with Crippen molar-refractivity contribution >= 4 is 22.5 Å². The molecule has 0 saturated heterocycles. The van der Waals surface area contributed by atoms with Crippen molar-refractivity contribution in [1.82, 2.24) is 10.2 Å². The molecule has 2 rings (SSSR count). The summed E-state index contributed by atoms with van der Waals surface area (Å²) in [7, 11) is 0. The lowest BCUT2D eigenvalue weighted by Crippen LogP contribution is -2.24. The number of nitrogens with zero attached hydrogens (tertiary/aromatic N) is 3. The third-order valence-corrected chi connectivity index (χ3v) is 1.86. The molecule has 76 valence electrons. The van der Waals surface area contributed by atoms with Crippen LogP contribution in [0.4, 0.5) is 5.82 Å². The summed E-state index contributed by atoms with van der Waals surface area (Å²) in [6.45, 7) is 0. The SMILES string of the molecule is NC(N)=NNc1nncc2ccccc12. The molecule has 1 aromatic heterocycles. The number of hydrazone groups is 1. The molecule has 0 radical (unpaired) electrons. The molecular weight excluding hydrogens is 192 g/mol. The van der Waals surface area contributed by atoms with E-state index in [1.807, 2.05) is 24.3 Å². The minimum absolute atomic E-state index is 0.0512. The maximum Gasteiger partial charge on any atom is 0.208 e. The summed E-state index contributed by atoms with van der Waals surface area (Å²) in [5.41, 5.74) is 13.1. The normalized spacial score (nSPS) is 9.87. The third kappa shape index (κ3) is 1.93. The van der Waals surface area contributed by atoms with E-state index in [4.69, 9.17) is 11.5 Å². The number of anilines is 1. The van der Waals surface area contributed by atoms with Crippen LogP contribution in [-0.2, 0) is 0 Å². The fourth-order valence-electron chi connectivity index (χ4n) is 1.23. The first kappa shape index (κ1) is 9.20. The highest BCUT2D eigenvalue weighted by atomic mass is 15.4. The Balaban J connectivity index is 2.47. The van der Waals surface area contributed by atoms with E-state index in [-0.39, 0.29) is 5.96 Å². The summed E-state index contributed by atoms with van der Waals surface area (Å²) < 4.78 is 0. The van der Waals surface area contributed by atoms with E-state index in [0.717, 1.165) is 10.8 Å². The maximum absolute atomic E-state index is 5.20. The van der Waals surface area contributed by atoms with Gasteiger partial charge < -0.3 is 11.5 Å². The zero-order valence-corrected chi connectivity index (χ0v) is 7.88. The number of guanidine groups is 1. The van der Waals surface area contributed by atoms with Crippen molar-refractivity contribution in [3.05, 3.63) is 30.5 Å². The van der Waals surface area contributed by atoms with Gasteiger partial charge in [-0.15, -0.1) is 10.2 Å². The summed E-state index contributed by atoms with van der Waals surface area (Å²) >= 11 is 0. The van der Waals surface area contributed by atoms with Gasteiger partial charge in [0.05, 0.1) is 6.20 Å². The molecule has 0 unspecified atom stereocenters. The van der Waals surface area contributed by atoms with Crippen LogP contribution in [0.3, 0.4) is 0 Å². The molecule has 0 aliphatic rings. The molecule has 0 saturated carbocycles. The molecule has 0 atom stereocenters. The second-order valence-corrected chi connectivity index (χ2v) is 2.93. The molecular formula is C9H10N6. The van der Waals surface area contributed by atoms with E-state index in [1.165, 1.54) is 0 Å². The minimum atomic E-state index is -0.0512. The number of hydrogen-bond donors (Lipinski definition) is 3. The summed E-state index contributed by atoms with van der Waals surface area (Å²) in [5, 5.41) is 13.3. The van der Waals surface area contributed by atoms with Gasteiger partial charge in [-0.1, -0.05) is 24.3 Å². The van der Waals surface area contributed by atoms with E-state index in [2.05, 4.69) is 20.7 Å². The van der Waals surface area contributed by atoms with Crippen molar-refractivity contribution in [3.63, 3.8) is 0 Å². The van der Waals surface area contributed by atoms with Gasteiger partial charge in [0.15, 0.2) is 5.82 Å². The number of benzene rings is 1. The molecule has 0 aliphatic carbocycles. The lowest BCUT2D eigenvalue weighted by Gasteiger charge is -2.02. The Morgan fingerprint density at radius 1 is 1.27 bits per heavy atom. The fourth-order valence-corrected chi connectivity index (χ4v) is 1.23. The molecule has 5 N–H and O–H groups in total. The van der Waals surface area contributed by atoms with E-state index >= 15 is 0 Å². The number of rotatable bonds is 2. The Morgan fingerprint density at radius 2 is 2.07 bits per heavy atom. The fraction of sp³-hybridized carbons (Fsp3) is 0. The molecule has 0 fully saturated rings. The molecule has 2 aromatic rings. The lowest BCUT2D eigenvalue weighted by molar-refractivity contribution is 1.04. The van der Waals surface area contributed by atoms with Gasteiger partial charge in [0.25, 0.3) is 0 Å². The van der Waals surface area contributed by atoms with Gasteiger partial charge in [-0.3, -0.25) is 5.43 Å². The largest absolute Gasteiger partial charge is 0.369 e. The Morgan fingerprint density at radius 3 is 2.87 bits per heavy atom. The van der Waals surface area contributed by atoms with E-state index in [0.29, 0.717) is 5.82 Å². The first-order valence-electron chi connectivity index (χ1n) is 4.32. The summed E-state index contributed by atoms with van der Waals surface area (Å²) in [6.07, 6.45) is 1.68. The zero-order valence-electron chi connectivity index (χ0n) is 7.88. The molecule has 0 amide bonds. The molecule has 0 bridgehead atoms. The third-order valence-electron chi connectivity index (χ3n) is 1.86. The molecule has 0 aliphatic heterocycles. The van der Waals surface area contributed by atoms with E-state index in [1.54, 1.807) is 6.20 Å². The molecule has 6 heteroatoms. The zero-order chi connectivity index (χ0) is 10.7. The second-order valence-electron chi connectivity index (χ2n) is 2.93. The number of aromatic nitrogens is 2. The molecule has 15 heavy (non-hydrogen) atoms. The lowest BCUT2D eigenvalue weighted by atomic mass is 10.2. The molecule has 1 aromatic carbocycles. The summed E-state index contributed by atoms with van der Waals surface area (Å²) in [5.74, 6) is 0.478. The van der Waals surface area contributed by atoms with Crippen molar-refractivity contribution in [2.75, 3.05) is 5.43 Å². The molecule has 1 heterocycles. The topological polar surface area (TPSA) is 102 Å². The Kier molecular flexibility index (Phi) is 2.32. The van der Waals surface area contributed by atoms with Gasteiger partial charge >= 0.3 is 0 Å². The van der Waals surface area contributed by atoms with Crippen molar-refractivity contribution in [1.29, 1.82) is 0 Å². The predicted molar refractivity (Wildman–Crippen MR) is 59.0 cm³/mol. The van der Waals surface area contributed by atoms with Crippen LogP contribution >= 0.6 is 0 Å². The van der Waals surface area contributed by atoms with Gasteiger partial charge in [-0.2, -0.15) is 5.10 Å². The van der Waals surface area contributed by atoms with E-state index < -0.39 is 0 Å². The Bertz CT molecular complexity index is 497. The van der Waals surface area contributed by atoms with Crippen molar-refractivity contribution < 1.29 is 0 Å². The first-order valence-corrected chi connectivity index (χ1v) is 4.32. The maximum atomic E-state index is 5.20. The van der Waals surface area contributed by atoms with Crippen molar-refractivity contribution in [3.8, 4) is 0 Å². The van der Waals surface area contributed by atoms with Gasteiger partial charge in [0, 0.05) is 10.8 Å². The Labute approximate surface area is 86.0 Å². The smallest absolute Gasteiger partial charge is 0.208 e. The highest BCUT2D eigenvalue weighted by Crippen LogP contribution is 2.18. The Hall–Kier alpha value is -2.37. The van der Waals surface area contributed by atoms with Crippen LogP contribution in [0.15, 0.2) is 35.6 Å². The van der Waals surface area contributed by atoms with Crippen LogP contribution in [0.1, 0.15) is 0 Å². The van der Waals surface area contributed by atoms with Crippen molar-refractivity contribution in [2.24, 2.45) is 16.6 Å². The van der Waals surface area contributed by atoms with Crippen LogP contribution in [0, 0.1) is 0 Å². The minimum Gasteiger partial charge on any atom is -0.369 e. The standard InChI is InChI=1S/C9H10N6/c10-9(11)15-14-8-7-4-2-1-3-6(7)5-12-13-8/h1-5H,(H,13,14)(H4,10,11,15). The van der Waals surface area contributed by atoms with Crippen LogP contribution in [0.5, 0.6) is 0 Å².